The summed E-state index contributed by atoms with van der Waals surface area (Å²) in [4.78, 5) is 26.5. The molecule has 0 unspecified atom stereocenters. The van der Waals surface area contributed by atoms with Gasteiger partial charge in [-0.05, 0) is 42.0 Å². The molecule has 4 aromatic rings. The molecule has 0 aliphatic rings. The van der Waals surface area contributed by atoms with Crippen LogP contribution in [0.3, 0.4) is 0 Å². The molecule has 0 fully saturated rings. The first-order valence-electron chi connectivity index (χ1n) is 8.82. The minimum absolute atomic E-state index is 0.434. The molecule has 5 nitrogen and oxygen atoms in total. The standard InChI is InChI=1S/C23H18N2O3/c1-14-18(23(24)27)12-20(25-14)17-8-4-5-9-21(17)28-22-11-10-15-6-2-3-7-16(15)19(22)13-26/h2-13,25H,1H3,(H2,24,27). The van der Waals surface area contributed by atoms with E-state index in [1.807, 2.05) is 54.6 Å². The Morgan fingerprint density at radius 1 is 1.00 bits per heavy atom. The molecule has 1 amide bonds. The number of carbonyl (C=O) groups is 2. The summed E-state index contributed by atoms with van der Waals surface area (Å²) < 4.78 is 6.14. The summed E-state index contributed by atoms with van der Waals surface area (Å²) in [5.41, 5.74) is 8.53. The maximum Gasteiger partial charge on any atom is 0.250 e. The highest BCUT2D eigenvalue weighted by Crippen LogP contribution is 2.36. The Kier molecular flexibility index (Phi) is 4.41. The Morgan fingerprint density at radius 3 is 2.50 bits per heavy atom. The number of hydrogen-bond acceptors (Lipinski definition) is 3. The van der Waals surface area contributed by atoms with Gasteiger partial charge in [-0.15, -0.1) is 0 Å². The second-order valence-corrected chi connectivity index (χ2v) is 6.50. The monoisotopic (exact) mass is 370 g/mol. The van der Waals surface area contributed by atoms with Crippen molar-refractivity contribution in [2.24, 2.45) is 5.73 Å². The van der Waals surface area contributed by atoms with Gasteiger partial charge in [0, 0.05) is 11.3 Å². The van der Waals surface area contributed by atoms with Gasteiger partial charge in [-0.1, -0.05) is 42.5 Å². The van der Waals surface area contributed by atoms with Crippen LogP contribution in [0.4, 0.5) is 0 Å². The Balaban J connectivity index is 1.80. The van der Waals surface area contributed by atoms with Crippen LogP contribution in [0.2, 0.25) is 0 Å². The van der Waals surface area contributed by atoms with Gasteiger partial charge < -0.3 is 15.5 Å². The number of H-pyrrole nitrogens is 1. The maximum absolute atomic E-state index is 11.8. The zero-order valence-corrected chi connectivity index (χ0v) is 15.2. The summed E-state index contributed by atoms with van der Waals surface area (Å²) in [6, 6.07) is 20.5. The Bertz CT molecular complexity index is 1210. The first-order chi connectivity index (χ1) is 13.6. The highest BCUT2D eigenvalue weighted by atomic mass is 16.5. The fourth-order valence-corrected chi connectivity index (χ4v) is 3.34. The molecule has 0 aliphatic heterocycles. The normalized spacial score (nSPS) is 10.8. The van der Waals surface area contributed by atoms with Crippen LogP contribution in [0.25, 0.3) is 22.0 Å². The van der Waals surface area contributed by atoms with Gasteiger partial charge in [0.25, 0.3) is 5.91 Å². The summed E-state index contributed by atoms with van der Waals surface area (Å²) in [5.74, 6) is 0.550. The van der Waals surface area contributed by atoms with E-state index in [9.17, 15) is 9.59 Å². The van der Waals surface area contributed by atoms with Crippen LogP contribution < -0.4 is 10.5 Å². The highest BCUT2D eigenvalue weighted by molar-refractivity contribution is 6.01. The summed E-state index contributed by atoms with van der Waals surface area (Å²) in [6.45, 7) is 1.79. The minimum atomic E-state index is -0.490. The van der Waals surface area contributed by atoms with Crippen molar-refractivity contribution in [3.05, 3.63) is 83.6 Å². The molecule has 138 valence electrons. The van der Waals surface area contributed by atoms with E-state index < -0.39 is 5.91 Å². The fraction of sp³-hybridized carbons (Fsp3) is 0.0435. The Labute approximate surface area is 161 Å². The van der Waals surface area contributed by atoms with Crippen LogP contribution in [0.15, 0.2) is 66.7 Å². The van der Waals surface area contributed by atoms with Crippen molar-refractivity contribution < 1.29 is 14.3 Å². The van der Waals surface area contributed by atoms with E-state index in [-0.39, 0.29) is 0 Å². The molecule has 3 aromatic carbocycles. The molecule has 5 heteroatoms. The molecule has 1 aromatic heterocycles. The third-order valence-electron chi connectivity index (χ3n) is 4.73. The van der Waals surface area contributed by atoms with E-state index in [1.165, 1.54) is 0 Å². The Morgan fingerprint density at radius 2 is 1.75 bits per heavy atom. The van der Waals surface area contributed by atoms with Gasteiger partial charge >= 0.3 is 0 Å². The molecular formula is C23H18N2O3. The summed E-state index contributed by atoms with van der Waals surface area (Å²) in [5, 5.41) is 1.80. The van der Waals surface area contributed by atoms with Gasteiger partial charge in [-0.3, -0.25) is 9.59 Å². The van der Waals surface area contributed by atoms with Crippen LogP contribution in [-0.2, 0) is 0 Å². The number of aromatic nitrogens is 1. The second kappa shape index (κ2) is 7.04. The lowest BCUT2D eigenvalue weighted by Crippen LogP contribution is -2.10. The summed E-state index contributed by atoms with van der Waals surface area (Å²) in [6.07, 6.45) is 0.810. The fourth-order valence-electron chi connectivity index (χ4n) is 3.34. The van der Waals surface area contributed by atoms with E-state index in [0.29, 0.717) is 28.3 Å². The number of fused-ring (bicyclic) bond motifs is 1. The van der Waals surface area contributed by atoms with Crippen LogP contribution in [0.5, 0.6) is 11.5 Å². The third kappa shape index (κ3) is 3.03. The largest absolute Gasteiger partial charge is 0.456 e. The van der Waals surface area contributed by atoms with Gasteiger partial charge in [-0.2, -0.15) is 0 Å². The molecule has 0 saturated heterocycles. The van der Waals surface area contributed by atoms with Crippen LogP contribution in [0.1, 0.15) is 26.4 Å². The number of aldehydes is 1. The van der Waals surface area contributed by atoms with Gasteiger partial charge in [0.15, 0.2) is 6.29 Å². The van der Waals surface area contributed by atoms with Crippen molar-refractivity contribution in [3.63, 3.8) is 0 Å². The highest BCUT2D eigenvalue weighted by Gasteiger charge is 2.16. The summed E-state index contributed by atoms with van der Waals surface area (Å²) >= 11 is 0. The number of aromatic amines is 1. The predicted octanol–water partition coefficient (Wildman–Crippen LogP) is 4.85. The SMILES string of the molecule is Cc1[nH]c(-c2ccccc2Oc2ccc3ccccc3c2C=O)cc1C(N)=O. The van der Waals surface area contributed by atoms with Crippen molar-refractivity contribution >= 4 is 23.0 Å². The first-order valence-corrected chi connectivity index (χ1v) is 8.82. The average molecular weight is 370 g/mol. The zero-order chi connectivity index (χ0) is 19.7. The molecule has 0 radical (unpaired) electrons. The number of nitrogens with two attached hydrogens (primary N) is 1. The van der Waals surface area contributed by atoms with Gasteiger partial charge in [0.1, 0.15) is 11.5 Å². The molecule has 4 rings (SSSR count). The second-order valence-electron chi connectivity index (χ2n) is 6.50. The number of carbonyl (C=O) groups excluding carboxylic acids is 2. The number of para-hydroxylation sites is 1. The van der Waals surface area contributed by atoms with E-state index in [2.05, 4.69) is 4.98 Å². The van der Waals surface area contributed by atoms with Crippen molar-refractivity contribution in [2.75, 3.05) is 0 Å². The molecule has 0 spiro atoms. The number of rotatable bonds is 5. The Hall–Kier alpha value is -3.86. The number of benzene rings is 3. The molecule has 0 aliphatic carbocycles. The molecule has 28 heavy (non-hydrogen) atoms. The lowest BCUT2D eigenvalue weighted by atomic mass is 10.0. The number of aryl methyl sites for hydroxylation is 1. The minimum Gasteiger partial charge on any atom is -0.456 e. The zero-order valence-electron chi connectivity index (χ0n) is 15.2. The molecular weight excluding hydrogens is 352 g/mol. The number of nitrogens with one attached hydrogen (secondary N) is 1. The number of hydrogen-bond donors (Lipinski definition) is 2. The molecule has 0 bridgehead atoms. The van der Waals surface area contributed by atoms with Gasteiger partial charge in [0.2, 0.25) is 0 Å². The van der Waals surface area contributed by atoms with Crippen molar-refractivity contribution in [1.82, 2.24) is 4.98 Å². The topological polar surface area (TPSA) is 85.2 Å². The molecule has 0 saturated carbocycles. The van der Waals surface area contributed by atoms with Crippen LogP contribution in [0, 0.1) is 6.92 Å². The van der Waals surface area contributed by atoms with Crippen molar-refractivity contribution in [3.8, 4) is 22.8 Å². The van der Waals surface area contributed by atoms with E-state index in [4.69, 9.17) is 10.5 Å². The van der Waals surface area contributed by atoms with Crippen molar-refractivity contribution in [1.29, 1.82) is 0 Å². The summed E-state index contributed by atoms with van der Waals surface area (Å²) in [7, 11) is 0. The third-order valence-corrected chi connectivity index (χ3v) is 4.73. The van der Waals surface area contributed by atoms with Crippen LogP contribution >= 0.6 is 0 Å². The molecule has 0 atom stereocenters. The molecule has 3 N–H and O–H groups in total. The lowest BCUT2D eigenvalue weighted by molar-refractivity contribution is 0.0999. The van der Waals surface area contributed by atoms with Gasteiger partial charge in [-0.25, -0.2) is 0 Å². The van der Waals surface area contributed by atoms with Gasteiger partial charge in [0.05, 0.1) is 16.8 Å². The van der Waals surface area contributed by atoms with E-state index in [1.54, 1.807) is 19.1 Å². The van der Waals surface area contributed by atoms with Crippen molar-refractivity contribution in [2.45, 2.75) is 6.92 Å². The number of primary amides is 1. The lowest BCUT2D eigenvalue weighted by Gasteiger charge is -2.13. The first kappa shape index (κ1) is 17.5. The number of amides is 1. The number of ether oxygens (including phenoxy) is 1. The maximum atomic E-state index is 11.8. The quantitative estimate of drug-likeness (QED) is 0.493. The predicted molar refractivity (Wildman–Crippen MR) is 109 cm³/mol. The average Bonchev–Trinajstić information content (AvgIpc) is 3.10. The van der Waals surface area contributed by atoms with E-state index >= 15 is 0 Å². The van der Waals surface area contributed by atoms with E-state index in [0.717, 1.165) is 28.3 Å². The van der Waals surface area contributed by atoms with Crippen LogP contribution in [-0.4, -0.2) is 17.2 Å². The molecule has 1 heterocycles. The smallest absolute Gasteiger partial charge is 0.250 e.